The molecule has 6 heteroatoms. The molecule has 0 aliphatic heterocycles. The minimum absolute atomic E-state index is 0. The molecule has 1 heterocycles. The Morgan fingerprint density at radius 2 is 1.91 bits per heavy atom. The van der Waals surface area contributed by atoms with Crippen LogP contribution in [0.15, 0.2) is 47.1 Å². The summed E-state index contributed by atoms with van der Waals surface area (Å²) in [6, 6.07) is 11.4. The maximum absolute atomic E-state index is 11.6. The fraction of sp³-hybridized carbons (Fsp3) is 0.353. The van der Waals surface area contributed by atoms with E-state index in [1.807, 2.05) is 37.4 Å². The van der Waals surface area contributed by atoms with Crippen LogP contribution in [0.25, 0.3) is 0 Å². The topological polar surface area (TPSA) is 71.5 Å². The van der Waals surface area contributed by atoms with Crippen molar-refractivity contribution in [2.24, 2.45) is 5.73 Å². The maximum Gasteiger partial charge on any atom is 0.236 e. The zero-order valence-electron chi connectivity index (χ0n) is 13.5. The molecular formula is C17H24ClN3O2. The molecule has 2 aromatic rings. The molecule has 0 radical (unpaired) electrons. The van der Waals surface area contributed by atoms with Crippen molar-refractivity contribution in [3.8, 4) is 0 Å². The molecular weight excluding hydrogens is 314 g/mol. The number of rotatable bonds is 7. The van der Waals surface area contributed by atoms with Crippen LogP contribution in [0, 0.1) is 0 Å². The van der Waals surface area contributed by atoms with Crippen LogP contribution in [-0.4, -0.2) is 23.9 Å². The number of carbonyl (C=O) groups excluding carboxylic acids is 1. The summed E-state index contributed by atoms with van der Waals surface area (Å²) in [7, 11) is 2.04. The van der Waals surface area contributed by atoms with Gasteiger partial charge in [0.15, 0.2) is 0 Å². The summed E-state index contributed by atoms with van der Waals surface area (Å²) in [5.74, 6) is 0.795. The van der Waals surface area contributed by atoms with Crippen molar-refractivity contribution in [3.63, 3.8) is 0 Å². The number of hydrogen-bond donors (Lipinski definition) is 2. The van der Waals surface area contributed by atoms with Gasteiger partial charge in [-0.2, -0.15) is 0 Å². The standard InChI is InChI=1S/C17H23N3O2.ClH/c1-13(18)17(21)19-10-14-6-3-4-7-15(14)11-20(2)12-16-8-5-9-22-16;/h3-9,13H,10-12,18H2,1-2H3,(H,19,21);1H. The zero-order valence-corrected chi connectivity index (χ0v) is 14.3. The summed E-state index contributed by atoms with van der Waals surface area (Å²) < 4.78 is 5.36. The van der Waals surface area contributed by atoms with Crippen LogP contribution in [0.4, 0.5) is 0 Å². The lowest BCUT2D eigenvalue weighted by molar-refractivity contribution is -0.122. The van der Waals surface area contributed by atoms with Crippen LogP contribution in [0.3, 0.4) is 0 Å². The molecule has 0 fully saturated rings. The second-order valence-corrected chi connectivity index (χ2v) is 5.53. The first-order chi connectivity index (χ1) is 10.6. The molecule has 126 valence electrons. The van der Waals surface area contributed by atoms with E-state index in [4.69, 9.17) is 10.2 Å². The number of nitrogens with two attached hydrogens (primary N) is 1. The van der Waals surface area contributed by atoms with Crippen LogP contribution in [0.2, 0.25) is 0 Å². The van der Waals surface area contributed by atoms with E-state index in [-0.39, 0.29) is 18.3 Å². The lowest BCUT2D eigenvalue weighted by Crippen LogP contribution is -2.38. The predicted octanol–water partition coefficient (Wildman–Crippen LogP) is 2.30. The number of benzene rings is 1. The molecule has 0 aliphatic rings. The van der Waals surface area contributed by atoms with E-state index in [1.165, 1.54) is 5.56 Å². The average molecular weight is 338 g/mol. The molecule has 0 spiro atoms. The first-order valence-electron chi connectivity index (χ1n) is 7.37. The van der Waals surface area contributed by atoms with Crippen molar-refractivity contribution in [3.05, 3.63) is 59.5 Å². The van der Waals surface area contributed by atoms with Crippen LogP contribution in [-0.2, 0) is 24.4 Å². The number of carbonyl (C=O) groups is 1. The fourth-order valence-electron chi connectivity index (χ4n) is 2.24. The third kappa shape index (κ3) is 6.06. The van der Waals surface area contributed by atoms with Crippen molar-refractivity contribution >= 4 is 18.3 Å². The highest BCUT2D eigenvalue weighted by atomic mass is 35.5. The Labute approximate surface area is 143 Å². The molecule has 1 amide bonds. The first-order valence-corrected chi connectivity index (χ1v) is 7.37. The summed E-state index contributed by atoms with van der Waals surface area (Å²) in [5, 5.41) is 2.86. The van der Waals surface area contributed by atoms with Crippen LogP contribution in [0.1, 0.15) is 23.8 Å². The van der Waals surface area contributed by atoms with Gasteiger partial charge in [0.2, 0.25) is 5.91 Å². The highest BCUT2D eigenvalue weighted by molar-refractivity contribution is 5.85. The van der Waals surface area contributed by atoms with Crippen LogP contribution >= 0.6 is 12.4 Å². The summed E-state index contributed by atoms with van der Waals surface area (Å²) >= 11 is 0. The average Bonchev–Trinajstić information content (AvgIpc) is 2.98. The van der Waals surface area contributed by atoms with Gasteiger partial charge in [0.25, 0.3) is 0 Å². The molecule has 0 bridgehead atoms. The summed E-state index contributed by atoms with van der Waals surface area (Å²) in [5.41, 5.74) is 7.85. The van der Waals surface area contributed by atoms with Gasteiger partial charge in [-0.25, -0.2) is 0 Å². The highest BCUT2D eigenvalue weighted by Crippen LogP contribution is 2.13. The first kappa shape index (κ1) is 19.2. The van der Waals surface area contributed by atoms with E-state index >= 15 is 0 Å². The molecule has 1 atom stereocenters. The fourth-order valence-corrected chi connectivity index (χ4v) is 2.24. The second kappa shape index (κ2) is 9.35. The van der Waals surface area contributed by atoms with Gasteiger partial charge in [-0.1, -0.05) is 24.3 Å². The molecule has 23 heavy (non-hydrogen) atoms. The van der Waals surface area contributed by atoms with Crippen molar-refractivity contribution in [2.75, 3.05) is 7.05 Å². The van der Waals surface area contributed by atoms with Crippen LogP contribution < -0.4 is 11.1 Å². The van der Waals surface area contributed by atoms with E-state index in [2.05, 4.69) is 16.3 Å². The summed E-state index contributed by atoms with van der Waals surface area (Å²) in [6.07, 6.45) is 1.68. The normalized spacial score (nSPS) is 11.8. The Hall–Kier alpha value is -1.82. The molecule has 5 nitrogen and oxygen atoms in total. The Bertz CT molecular complexity index is 600. The van der Waals surface area contributed by atoms with Crippen molar-refractivity contribution < 1.29 is 9.21 Å². The summed E-state index contributed by atoms with van der Waals surface area (Å²) in [4.78, 5) is 13.8. The summed E-state index contributed by atoms with van der Waals surface area (Å²) in [6.45, 7) is 3.70. The lowest BCUT2D eigenvalue weighted by Gasteiger charge is -2.18. The Kier molecular flexibility index (Phi) is 7.81. The van der Waals surface area contributed by atoms with Gasteiger partial charge >= 0.3 is 0 Å². The molecule has 1 aromatic heterocycles. The Morgan fingerprint density at radius 1 is 1.22 bits per heavy atom. The number of nitrogens with one attached hydrogen (secondary N) is 1. The molecule has 3 N–H and O–H groups in total. The highest BCUT2D eigenvalue weighted by Gasteiger charge is 2.10. The lowest BCUT2D eigenvalue weighted by atomic mass is 10.1. The Balaban J connectivity index is 0.00000264. The molecule has 0 aliphatic carbocycles. The molecule has 1 unspecified atom stereocenters. The van der Waals surface area contributed by atoms with Crippen LogP contribution in [0.5, 0.6) is 0 Å². The monoisotopic (exact) mass is 337 g/mol. The van der Waals surface area contributed by atoms with E-state index in [9.17, 15) is 4.79 Å². The smallest absolute Gasteiger partial charge is 0.236 e. The zero-order chi connectivity index (χ0) is 15.9. The Morgan fingerprint density at radius 3 is 2.52 bits per heavy atom. The minimum Gasteiger partial charge on any atom is -0.468 e. The van der Waals surface area contributed by atoms with Gasteiger partial charge in [0.05, 0.1) is 18.8 Å². The number of nitrogens with zero attached hydrogens (tertiary/aromatic N) is 1. The number of hydrogen-bond acceptors (Lipinski definition) is 4. The van der Waals surface area contributed by atoms with Gasteiger partial charge in [-0.05, 0) is 37.2 Å². The van der Waals surface area contributed by atoms with Gasteiger partial charge < -0.3 is 15.5 Å². The number of amides is 1. The molecule has 0 saturated carbocycles. The van der Waals surface area contributed by atoms with Gasteiger partial charge in [0.1, 0.15) is 5.76 Å². The van der Waals surface area contributed by atoms with E-state index in [1.54, 1.807) is 13.2 Å². The predicted molar refractivity (Wildman–Crippen MR) is 93.1 cm³/mol. The quantitative estimate of drug-likeness (QED) is 0.813. The largest absolute Gasteiger partial charge is 0.468 e. The molecule has 1 aromatic carbocycles. The SMILES string of the molecule is CC(N)C(=O)NCc1ccccc1CN(C)Cc1ccco1.Cl. The van der Waals surface area contributed by atoms with E-state index in [0.29, 0.717) is 6.54 Å². The minimum atomic E-state index is -0.492. The van der Waals surface area contributed by atoms with E-state index in [0.717, 1.165) is 24.4 Å². The van der Waals surface area contributed by atoms with Crippen molar-refractivity contribution in [1.82, 2.24) is 10.2 Å². The van der Waals surface area contributed by atoms with Gasteiger partial charge in [0, 0.05) is 13.1 Å². The number of halogens is 1. The van der Waals surface area contributed by atoms with Gasteiger partial charge in [-0.3, -0.25) is 9.69 Å². The molecule has 0 saturated heterocycles. The third-order valence-electron chi connectivity index (χ3n) is 3.43. The second-order valence-electron chi connectivity index (χ2n) is 5.53. The third-order valence-corrected chi connectivity index (χ3v) is 3.43. The maximum atomic E-state index is 11.6. The number of furan rings is 1. The van der Waals surface area contributed by atoms with E-state index < -0.39 is 6.04 Å². The van der Waals surface area contributed by atoms with Crippen molar-refractivity contribution in [2.45, 2.75) is 32.6 Å². The molecule has 2 rings (SSSR count). The van der Waals surface area contributed by atoms with Gasteiger partial charge in [-0.15, -0.1) is 12.4 Å². The van der Waals surface area contributed by atoms with Crippen molar-refractivity contribution in [1.29, 1.82) is 0 Å².